The third-order valence-corrected chi connectivity index (χ3v) is 4.23. The van der Waals surface area contributed by atoms with Crippen molar-refractivity contribution in [1.29, 1.82) is 0 Å². The molecule has 0 unspecified atom stereocenters. The lowest BCUT2D eigenvalue weighted by Gasteiger charge is -2.10. The summed E-state index contributed by atoms with van der Waals surface area (Å²) in [5.74, 6) is 5.14. The van der Waals surface area contributed by atoms with E-state index in [9.17, 15) is 0 Å². The van der Waals surface area contributed by atoms with Crippen LogP contribution in [0.1, 0.15) is 0 Å². The summed E-state index contributed by atoms with van der Waals surface area (Å²) in [5, 5.41) is 2.47. The number of terminal acetylenes is 1. The van der Waals surface area contributed by atoms with Gasteiger partial charge in [0.05, 0.1) is 0 Å². The van der Waals surface area contributed by atoms with Crippen molar-refractivity contribution >= 4 is 18.5 Å². The molecule has 0 saturated carbocycles. The van der Waals surface area contributed by atoms with Gasteiger partial charge in [-0.25, -0.2) is 0 Å². The maximum Gasteiger partial charge on any atom is 0.0355 e. The van der Waals surface area contributed by atoms with E-state index in [1.54, 1.807) is 0 Å². The van der Waals surface area contributed by atoms with Gasteiger partial charge in [-0.3, -0.25) is 0 Å². The molecule has 0 heterocycles. The van der Waals surface area contributed by atoms with Crippen LogP contribution in [-0.2, 0) is 0 Å². The Hall–Kier alpha value is -2.01. The van der Waals surface area contributed by atoms with E-state index < -0.39 is 7.92 Å². The van der Waals surface area contributed by atoms with Crippen molar-refractivity contribution in [1.82, 2.24) is 0 Å². The van der Waals surface area contributed by atoms with E-state index in [1.807, 2.05) is 36.4 Å². The number of rotatable bonds is 2. The van der Waals surface area contributed by atoms with Crippen LogP contribution >= 0.6 is 7.92 Å². The first-order valence-electron chi connectivity index (χ1n) is 5.28. The molecule has 0 amide bonds. The minimum Gasteiger partial charge on any atom is -0.106 e. The molecule has 0 aromatic heterocycles. The van der Waals surface area contributed by atoms with Crippen molar-refractivity contribution in [3.05, 3.63) is 60.7 Å². The normalized spacial score (nSPS) is 9.18. The van der Waals surface area contributed by atoms with Gasteiger partial charge < -0.3 is 0 Å². The standard InChI is InChI=1S/C16H11P/c1-2-3-14-17(15-10-6-4-7-11-15)16-12-8-5-9-13-16/h1,4-13H. The van der Waals surface area contributed by atoms with Gasteiger partial charge in [-0.05, 0) is 22.4 Å². The van der Waals surface area contributed by atoms with Crippen LogP contribution in [0, 0.1) is 23.9 Å². The molecule has 2 aromatic carbocycles. The van der Waals surface area contributed by atoms with Crippen molar-refractivity contribution in [2.45, 2.75) is 0 Å². The third kappa shape index (κ3) is 2.98. The maximum absolute atomic E-state index is 5.22. The van der Waals surface area contributed by atoms with Gasteiger partial charge in [0.25, 0.3) is 0 Å². The molecule has 0 aliphatic rings. The number of hydrogen-bond donors (Lipinski definition) is 0. The summed E-state index contributed by atoms with van der Waals surface area (Å²) in [5.41, 5.74) is 3.18. The van der Waals surface area contributed by atoms with Crippen molar-refractivity contribution in [3.8, 4) is 23.9 Å². The molecule has 0 atom stereocenters. The van der Waals surface area contributed by atoms with Crippen LogP contribution in [0.4, 0.5) is 0 Å². The molecule has 0 bridgehead atoms. The second kappa shape index (κ2) is 5.91. The monoisotopic (exact) mass is 234 g/mol. The van der Waals surface area contributed by atoms with E-state index in [2.05, 4.69) is 41.8 Å². The summed E-state index contributed by atoms with van der Waals surface area (Å²) in [6, 6.07) is 20.6. The fourth-order valence-electron chi connectivity index (χ4n) is 1.52. The van der Waals surface area contributed by atoms with Crippen LogP contribution in [0.15, 0.2) is 60.7 Å². The molecule has 2 rings (SSSR count). The van der Waals surface area contributed by atoms with E-state index in [0.717, 1.165) is 0 Å². The van der Waals surface area contributed by atoms with Gasteiger partial charge >= 0.3 is 0 Å². The molecule has 1 heteroatoms. The molecule has 0 radical (unpaired) electrons. The lowest BCUT2D eigenvalue weighted by atomic mass is 10.4. The molecule has 0 aliphatic heterocycles. The van der Waals surface area contributed by atoms with E-state index >= 15 is 0 Å². The van der Waals surface area contributed by atoms with Gasteiger partial charge in [0.1, 0.15) is 0 Å². The van der Waals surface area contributed by atoms with Crippen molar-refractivity contribution in [2.24, 2.45) is 0 Å². The summed E-state index contributed by atoms with van der Waals surface area (Å²) in [7, 11) is -0.660. The highest BCUT2D eigenvalue weighted by molar-refractivity contribution is 7.77. The fraction of sp³-hybridized carbons (Fsp3) is 0. The zero-order chi connectivity index (χ0) is 11.9. The van der Waals surface area contributed by atoms with E-state index in [-0.39, 0.29) is 0 Å². The Morgan fingerprint density at radius 2 is 1.24 bits per heavy atom. The first-order valence-corrected chi connectivity index (χ1v) is 6.62. The van der Waals surface area contributed by atoms with Gasteiger partial charge in [0.15, 0.2) is 0 Å². The molecule has 17 heavy (non-hydrogen) atoms. The molecule has 80 valence electrons. The average Bonchev–Trinajstić information content (AvgIpc) is 2.42. The number of hydrogen-bond acceptors (Lipinski definition) is 0. The molecular weight excluding hydrogens is 223 g/mol. The zero-order valence-corrected chi connectivity index (χ0v) is 10.2. The Labute approximate surface area is 103 Å². The summed E-state index contributed by atoms with van der Waals surface area (Å²) in [6.07, 6.45) is 5.22. The first-order chi connectivity index (χ1) is 8.42. The van der Waals surface area contributed by atoms with Gasteiger partial charge in [-0.1, -0.05) is 66.3 Å². The molecule has 0 spiro atoms. The number of benzene rings is 2. The Kier molecular flexibility index (Phi) is 3.99. The van der Waals surface area contributed by atoms with Gasteiger partial charge in [0.2, 0.25) is 0 Å². The average molecular weight is 234 g/mol. The summed E-state index contributed by atoms with van der Waals surface area (Å²) >= 11 is 0. The molecule has 0 nitrogen and oxygen atoms in total. The van der Waals surface area contributed by atoms with Crippen molar-refractivity contribution in [2.75, 3.05) is 0 Å². The van der Waals surface area contributed by atoms with Crippen LogP contribution in [0.5, 0.6) is 0 Å². The highest BCUT2D eigenvalue weighted by Crippen LogP contribution is 2.31. The Bertz CT molecular complexity index is 528. The van der Waals surface area contributed by atoms with E-state index in [4.69, 9.17) is 6.42 Å². The SMILES string of the molecule is C#CC#CP(c1ccccc1)c1ccccc1. The molecule has 0 fully saturated rings. The van der Waals surface area contributed by atoms with Crippen LogP contribution < -0.4 is 10.6 Å². The largest absolute Gasteiger partial charge is 0.106 e. The molecule has 2 aromatic rings. The minimum atomic E-state index is -0.660. The lowest BCUT2D eigenvalue weighted by molar-refractivity contribution is 1.76. The summed E-state index contributed by atoms with van der Waals surface area (Å²) in [6.45, 7) is 0. The Balaban J connectivity index is 2.44. The second-order valence-electron chi connectivity index (χ2n) is 3.39. The van der Waals surface area contributed by atoms with E-state index in [0.29, 0.717) is 0 Å². The second-order valence-corrected chi connectivity index (χ2v) is 5.31. The topological polar surface area (TPSA) is 0 Å². The summed E-state index contributed by atoms with van der Waals surface area (Å²) < 4.78 is 0. The highest BCUT2D eigenvalue weighted by atomic mass is 31.1. The maximum atomic E-state index is 5.22. The highest BCUT2D eigenvalue weighted by Gasteiger charge is 2.09. The fourth-order valence-corrected chi connectivity index (χ4v) is 3.19. The molecule has 0 aliphatic carbocycles. The van der Waals surface area contributed by atoms with Gasteiger partial charge in [-0.15, -0.1) is 6.42 Å². The quantitative estimate of drug-likeness (QED) is 0.553. The van der Waals surface area contributed by atoms with Crippen LogP contribution in [-0.4, -0.2) is 0 Å². The van der Waals surface area contributed by atoms with Crippen LogP contribution in [0.3, 0.4) is 0 Å². The first kappa shape index (κ1) is 11.5. The Morgan fingerprint density at radius 3 is 1.65 bits per heavy atom. The molecule has 0 N–H and O–H groups in total. The smallest absolute Gasteiger partial charge is 0.0355 e. The zero-order valence-electron chi connectivity index (χ0n) is 9.30. The van der Waals surface area contributed by atoms with Gasteiger partial charge in [-0.2, -0.15) is 0 Å². The molecule has 0 saturated heterocycles. The van der Waals surface area contributed by atoms with Crippen molar-refractivity contribution in [3.63, 3.8) is 0 Å². The van der Waals surface area contributed by atoms with Gasteiger partial charge in [0, 0.05) is 7.92 Å². The lowest BCUT2D eigenvalue weighted by Crippen LogP contribution is -2.09. The van der Waals surface area contributed by atoms with Crippen molar-refractivity contribution < 1.29 is 0 Å². The van der Waals surface area contributed by atoms with E-state index in [1.165, 1.54) is 10.6 Å². The summed E-state index contributed by atoms with van der Waals surface area (Å²) in [4.78, 5) is 0. The minimum absolute atomic E-state index is 0.660. The third-order valence-electron chi connectivity index (χ3n) is 2.27. The van der Waals surface area contributed by atoms with Crippen LogP contribution in [0.2, 0.25) is 0 Å². The molecular formula is C16H11P. The van der Waals surface area contributed by atoms with Crippen LogP contribution in [0.25, 0.3) is 0 Å². The predicted octanol–water partition coefficient (Wildman–Crippen LogP) is 2.71. The Morgan fingerprint density at radius 1 is 0.765 bits per heavy atom. The predicted molar refractivity (Wildman–Crippen MR) is 75.7 cm³/mol.